The Bertz CT molecular complexity index is 517. The Morgan fingerprint density at radius 2 is 1.94 bits per heavy atom. The third kappa shape index (κ3) is 2.29. The first kappa shape index (κ1) is 11.6. The Balaban J connectivity index is 2.20. The van der Waals surface area contributed by atoms with Gasteiger partial charge in [0.25, 0.3) is 0 Å². The van der Waals surface area contributed by atoms with Gasteiger partial charge in [-0.1, -0.05) is 36.4 Å². The van der Waals surface area contributed by atoms with Crippen LogP contribution in [-0.2, 0) is 6.54 Å². The fraction of sp³-hybridized carbons (Fsp3) is 0.0769. The highest BCUT2D eigenvalue weighted by Gasteiger charge is 2.15. The van der Waals surface area contributed by atoms with Crippen molar-refractivity contribution >= 4 is 11.6 Å². The monoisotopic (exact) mass is 247 g/mol. The molecule has 0 amide bonds. The van der Waals surface area contributed by atoms with Crippen LogP contribution in [0.25, 0.3) is 0 Å². The number of hydrogen-bond acceptors (Lipinski definition) is 3. The molecule has 0 saturated heterocycles. The molecule has 0 aliphatic carbocycles. The van der Waals surface area contributed by atoms with E-state index in [1.807, 2.05) is 35.4 Å². The predicted molar refractivity (Wildman–Crippen MR) is 70.7 cm³/mol. The van der Waals surface area contributed by atoms with Gasteiger partial charge >= 0.3 is 0 Å². The molecule has 4 N–H and O–H groups in total. The van der Waals surface area contributed by atoms with Gasteiger partial charge in [0.2, 0.25) is 0 Å². The molecule has 1 aromatic carbocycles. The molecule has 0 unspecified atom stereocenters. The Hall–Kier alpha value is -1.87. The molecule has 0 saturated carbocycles. The lowest BCUT2D eigenvalue weighted by atomic mass is 10.1. The van der Waals surface area contributed by atoms with E-state index < -0.39 is 0 Å². The third-order valence-corrected chi connectivity index (χ3v) is 3.07. The summed E-state index contributed by atoms with van der Waals surface area (Å²) in [6, 6.07) is 7.69. The molecule has 2 rings (SSSR count). The van der Waals surface area contributed by atoms with Crippen LogP contribution in [0.5, 0.6) is 0 Å². The van der Waals surface area contributed by atoms with Crippen molar-refractivity contribution in [2.24, 2.45) is 11.5 Å². The topological polar surface area (TPSA) is 55.3 Å². The minimum absolute atomic E-state index is 0.513. The van der Waals surface area contributed by atoms with Crippen molar-refractivity contribution in [3.63, 3.8) is 0 Å². The molecule has 0 radical (unpaired) electrons. The molecule has 1 aliphatic heterocycles. The number of rotatable bonds is 2. The largest absolute Gasteiger partial charge is 0.397 e. The highest BCUT2D eigenvalue weighted by atomic mass is 35.5. The molecule has 0 bridgehead atoms. The Kier molecular flexibility index (Phi) is 3.11. The summed E-state index contributed by atoms with van der Waals surface area (Å²) in [5.74, 6) is 0. The van der Waals surface area contributed by atoms with Crippen molar-refractivity contribution in [1.82, 2.24) is 4.90 Å². The van der Waals surface area contributed by atoms with Gasteiger partial charge in [0.1, 0.15) is 0 Å². The standard InChI is InChI=1S/C13H14ClN3/c1-9-13(16)12(15)6-7-17(9)8-10-4-2-3-5-11(10)14/h2-7H,1,8,15-16H2. The second-order valence-corrected chi connectivity index (χ2v) is 4.26. The quantitative estimate of drug-likeness (QED) is 0.843. The average molecular weight is 248 g/mol. The first-order chi connectivity index (χ1) is 8.09. The fourth-order valence-electron chi connectivity index (χ4n) is 1.63. The summed E-state index contributed by atoms with van der Waals surface area (Å²) in [5.41, 5.74) is 14.3. The van der Waals surface area contributed by atoms with Crippen LogP contribution in [0.1, 0.15) is 5.56 Å². The highest BCUT2D eigenvalue weighted by Crippen LogP contribution is 2.23. The van der Waals surface area contributed by atoms with E-state index >= 15 is 0 Å². The van der Waals surface area contributed by atoms with Crippen molar-refractivity contribution in [3.8, 4) is 0 Å². The van der Waals surface area contributed by atoms with Gasteiger partial charge in [-0.3, -0.25) is 0 Å². The first-order valence-corrected chi connectivity index (χ1v) is 5.60. The van der Waals surface area contributed by atoms with Crippen molar-refractivity contribution in [1.29, 1.82) is 0 Å². The Morgan fingerprint density at radius 1 is 1.24 bits per heavy atom. The summed E-state index contributed by atoms with van der Waals surface area (Å²) in [4.78, 5) is 1.92. The molecular formula is C13H14ClN3. The number of nitrogens with zero attached hydrogens (tertiary/aromatic N) is 1. The average Bonchev–Trinajstić information content (AvgIpc) is 2.32. The maximum absolute atomic E-state index is 6.11. The number of allylic oxidation sites excluding steroid dienone is 1. The van der Waals surface area contributed by atoms with Crippen LogP contribution in [0.4, 0.5) is 0 Å². The summed E-state index contributed by atoms with van der Waals surface area (Å²) in [5, 5.41) is 0.731. The van der Waals surface area contributed by atoms with Gasteiger partial charge in [0.15, 0.2) is 0 Å². The summed E-state index contributed by atoms with van der Waals surface area (Å²) in [7, 11) is 0. The Morgan fingerprint density at radius 3 is 2.65 bits per heavy atom. The van der Waals surface area contributed by atoms with Crippen LogP contribution in [-0.4, -0.2) is 4.90 Å². The van der Waals surface area contributed by atoms with Crippen LogP contribution in [0, 0.1) is 0 Å². The van der Waals surface area contributed by atoms with E-state index in [0.29, 0.717) is 23.6 Å². The van der Waals surface area contributed by atoms with Crippen LogP contribution in [0.2, 0.25) is 5.02 Å². The molecule has 0 spiro atoms. The zero-order chi connectivity index (χ0) is 12.4. The normalized spacial score (nSPS) is 15.6. The number of halogens is 1. The summed E-state index contributed by atoms with van der Waals surface area (Å²) >= 11 is 6.11. The van der Waals surface area contributed by atoms with E-state index in [4.69, 9.17) is 23.1 Å². The van der Waals surface area contributed by atoms with Crippen molar-refractivity contribution in [2.75, 3.05) is 0 Å². The first-order valence-electron chi connectivity index (χ1n) is 5.22. The third-order valence-electron chi connectivity index (χ3n) is 2.70. The van der Waals surface area contributed by atoms with Crippen molar-refractivity contribution < 1.29 is 0 Å². The number of nitrogens with two attached hydrogens (primary N) is 2. The zero-order valence-electron chi connectivity index (χ0n) is 9.36. The molecule has 88 valence electrons. The molecule has 1 heterocycles. The summed E-state index contributed by atoms with van der Waals surface area (Å²) in [6.45, 7) is 4.55. The zero-order valence-corrected chi connectivity index (χ0v) is 10.1. The van der Waals surface area contributed by atoms with Gasteiger partial charge in [0.05, 0.1) is 17.1 Å². The molecule has 0 fully saturated rings. The lowest BCUT2D eigenvalue weighted by Crippen LogP contribution is -2.26. The van der Waals surface area contributed by atoms with E-state index in [-0.39, 0.29) is 0 Å². The van der Waals surface area contributed by atoms with Crippen LogP contribution >= 0.6 is 11.6 Å². The van der Waals surface area contributed by atoms with Crippen molar-refractivity contribution in [2.45, 2.75) is 6.54 Å². The fourth-order valence-corrected chi connectivity index (χ4v) is 1.83. The SMILES string of the molecule is C=C1C(N)=C(N)C=CN1Cc1ccccc1Cl. The molecule has 3 nitrogen and oxygen atoms in total. The lowest BCUT2D eigenvalue weighted by molar-refractivity contribution is 0.461. The van der Waals surface area contributed by atoms with E-state index in [1.165, 1.54) is 0 Å². The lowest BCUT2D eigenvalue weighted by Gasteiger charge is -2.27. The van der Waals surface area contributed by atoms with Gasteiger partial charge in [-0.15, -0.1) is 0 Å². The van der Waals surface area contributed by atoms with E-state index in [0.717, 1.165) is 10.6 Å². The molecule has 17 heavy (non-hydrogen) atoms. The van der Waals surface area contributed by atoms with Crippen LogP contribution in [0.3, 0.4) is 0 Å². The highest BCUT2D eigenvalue weighted by molar-refractivity contribution is 6.31. The Labute approximate surface area is 106 Å². The smallest absolute Gasteiger partial charge is 0.0783 e. The van der Waals surface area contributed by atoms with Crippen molar-refractivity contribution in [3.05, 3.63) is 70.8 Å². The van der Waals surface area contributed by atoms with Gasteiger partial charge in [-0.2, -0.15) is 0 Å². The predicted octanol–water partition coefficient (Wildman–Crippen LogP) is 2.31. The van der Waals surface area contributed by atoms with E-state index in [9.17, 15) is 0 Å². The van der Waals surface area contributed by atoms with Gasteiger partial charge < -0.3 is 16.4 Å². The van der Waals surface area contributed by atoms with E-state index in [2.05, 4.69) is 6.58 Å². The van der Waals surface area contributed by atoms with Gasteiger partial charge in [-0.05, 0) is 17.7 Å². The number of benzene rings is 1. The molecular weight excluding hydrogens is 234 g/mol. The molecule has 1 aliphatic rings. The molecule has 1 aromatic rings. The molecule has 4 heteroatoms. The molecule has 0 atom stereocenters. The van der Waals surface area contributed by atoms with Crippen LogP contribution < -0.4 is 11.5 Å². The minimum atomic E-state index is 0.513. The van der Waals surface area contributed by atoms with Crippen LogP contribution in [0.15, 0.2) is 60.2 Å². The summed E-state index contributed by atoms with van der Waals surface area (Å²) in [6.07, 6.45) is 3.62. The maximum atomic E-state index is 6.11. The second kappa shape index (κ2) is 4.55. The minimum Gasteiger partial charge on any atom is -0.397 e. The van der Waals surface area contributed by atoms with E-state index in [1.54, 1.807) is 6.08 Å². The van der Waals surface area contributed by atoms with Gasteiger partial charge in [0, 0.05) is 17.8 Å². The maximum Gasteiger partial charge on any atom is 0.0783 e. The summed E-state index contributed by atoms with van der Waals surface area (Å²) < 4.78 is 0. The second-order valence-electron chi connectivity index (χ2n) is 3.85. The number of hydrogen-bond donors (Lipinski definition) is 2. The molecule has 0 aromatic heterocycles. The van der Waals surface area contributed by atoms with Gasteiger partial charge in [-0.25, -0.2) is 0 Å².